The number of benzene rings is 1. The third kappa shape index (κ3) is 4.48. The van der Waals surface area contributed by atoms with Crippen LogP contribution in [0.25, 0.3) is 11.0 Å². The molecule has 1 amide bonds. The number of imidazole rings is 1. The van der Waals surface area contributed by atoms with Crippen molar-refractivity contribution in [1.82, 2.24) is 24.1 Å². The molecule has 11 heteroatoms. The Bertz CT molecular complexity index is 1210. The van der Waals surface area contributed by atoms with Crippen LogP contribution in [-0.2, 0) is 28.3 Å². The van der Waals surface area contributed by atoms with E-state index in [1.807, 2.05) is 25.5 Å². The molecule has 0 saturated heterocycles. The van der Waals surface area contributed by atoms with Gasteiger partial charge in [0.1, 0.15) is 10.8 Å². The zero-order chi connectivity index (χ0) is 22.2. The number of nitrogens with zero attached hydrogens (tertiary/aromatic N) is 5. The van der Waals surface area contributed by atoms with Crippen LogP contribution in [0.4, 0.5) is 5.13 Å². The number of carbonyl (C=O) groups is 1. The van der Waals surface area contributed by atoms with Crippen LogP contribution in [-0.4, -0.2) is 51.5 Å². The number of anilines is 1. The first-order valence-electron chi connectivity index (χ1n) is 10.4. The number of fused-ring (bicyclic) bond motifs is 1. The third-order valence-electron chi connectivity index (χ3n) is 5.48. The summed E-state index contributed by atoms with van der Waals surface area (Å²) in [5.74, 6) is 1.09. The topological polar surface area (TPSA) is 110 Å². The number of hydrogen-bond acceptors (Lipinski definition) is 7. The van der Waals surface area contributed by atoms with Gasteiger partial charge in [-0.2, -0.15) is 4.31 Å². The summed E-state index contributed by atoms with van der Waals surface area (Å²) in [6.45, 7) is 4.46. The molecule has 2 heterocycles. The van der Waals surface area contributed by atoms with Gasteiger partial charge >= 0.3 is 0 Å². The first-order valence-corrected chi connectivity index (χ1v) is 12.7. The van der Waals surface area contributed by atoms with Crippen molar-refractivity contribution in [2.24, 2.45) is 7.05 Å². The minimum Gasteiger partial charge on any atom is -0.331 e. The number of hydrogen-bond donors (Lipinski definition) is 1. The van der Waals surface area contributed by atoms with Crippen LogP contribution in [0.5, 0.6) is 0 Å². The first-order chi connectivity index (χ1) is 14.8. The molecule has 1 saturated carbocycles. The molecule has 0 bridgehead atoms. The van der Waals surface area contributed by atoms with Crippen LogP contribution in [0.3, 0.4) is 0 Å². The standard InChI is InChI=1S/C20H26N6O3S2/c1-4-26(5-2)31(28,29)14-8-9-16-15(12-14)21-17(25(16)3)10-11-18(27)22-20-24-23-19(30-20)13-6-7-13/h8-9,12-13H,4-7,10-11H2,1-3H3,(H,22,24,27). The summed E-state index contributed by atoms with van der Waals surface area (Å²) >= 11 is 1.43. The molecule has 4 rings (SSSR count). The van der Waals surface area contributed by atoms with Gasteiger partial charge in [-0.15, -0.1) is 10.2 Å². The molecular weight excluding hydrogens is 436 g/mol. The SMILES string of the molecule is CCN(CC)S(=O)(=O)c1ccc2c(c1)nc(CCC(=O)Nc1nnc(C3CC3)s1)n2C. The highest BCUT2D eigenvalue weighted by Crippen LogP contribution is 2.42. The maximum Gasteiger partial charge on any atom is 0.243 e. The summed E-state index contributed by atoms with van der Waals surface area (Å²) in [5.41, 5.74) is 1.43. The molecule has 1 N–H and O–H groups in total. The van der Waals surface area contributed by atoms with Crippen LogP contribution < -0.4 is 5.32 Å². The predicted molar refractivity (Wildman–Crippen MR) is 120 cm³/mol. The Hall–Kier alpha value is -2.37. The van der Waals surface area contributed by atoms with Crippen LogP contribution in [0, 0.1) is 0 Å². The molecule has 0 atom stereocenters. The first kappa shape index (κ1) is 21.8. The molecular formula is C20H26N6O3S2. The van der Waals surface area contributed by atoms with Crippen molar-refractivity contribution in [2.45, 2.75) is 50.3 Å². The van der Waals surface area contributed by atoms with Crippen molar-refractivity contribution in [3.05, 3.63) is 29.0 Å². The van der Waals surface area contributed by atoms with Gasteiger partial charge < -0.3 is 9.88 Å². The molecule has 0 spiro atoms. The van der Waals surface area contributed by atoms with Crippen LogP contribution in [0.2, 0.25) is 0 Å². The highest BCUT2D eigenvalue weighted by Gasteiger charge is 2.28. The summed E-state index contributed by atoms with van der Waals surface area (Å²) < 4.78 is 28.9. The van der Waals surface area contributed by atoms with Crippen molar-refractivity contribution in [3.63, 3.8) is 0 Å². The molecule has 3 aromatic rings. The van der Waals surface area contributed by atoms with Gasteiger partial charge in [0.25, 0.3) is 0 Å². The van der Waals surface area contributed by atoms with Crippen LogP contribution in [0.1, 0.15) is 49.9 Å². The quantitative estimate of drug-likeness (QED) is 0.524. The Labute approximate surface area is 185 Å². The maximum absolute atomic E-state index is 12.8. The van der Waals surface area contributed by atoms with E-state index in [9.17, 15) is 13.2 Å². The molecule has 1 aliphatic carbocycles. The summed E-state index contributed by atoms with van der Waals surface area (Å²) in [4.78, 5) is 17.2. The average Bonchev–Trinajstić information content (AvgIpc) is 3.41. The second-order valence-corrected chi connectivity index (χ2v) is 10.5. The van der Waals surface area contributed by atoms with Gasteiger partial charge in [-0.05, 0) is 31.0 Å². The van der Waals surface area contributed by atoms with Gasteiger partial charge in [0.2, 0.25) is 21.1 Å². The molecule has 0 aliphatic heterocycles. The lowest BCUT2D eigenvalue weighted by Gasteiger charge is -2.18. The third-order valence-corrected chi connectivity index (χ3v) is 8.52. The molecule has 0 unspecified atom stereocenters. The molecule has 166 valence electrons. The molecule has 9 nitrogen and oxygen atoms in total. The Morgan fingerprint density at radius 3 is 2.68 bits per heavy atom. The number of aryl methyl sites for hydroxylation is 2. The fourth-order valence-electron chi connectivity index (χ4n) is 3.51. The van der Waals surface area contributed by atoms with Crippen molar-refractivity contribution in [2.75, 3.05) is 18.4 Å². The largest absolute Gasteiger partial charge is 0.331 e. The van der Waals surface area contributed by atoms with Crippen molar-refractivity contribution in [1.29, 1.82) is 0 Å². The summed E-state index contributed by atoms with van der Waals surface area (Å²) in [6.07, 6.45) is 2.98. The monoisotopic (exact) mass is 462 g/mol. The van der Waals surface area contributed by atoms with E-state index in [0.717, 1.165) is 29.2 Å². The lowest BCUT2D eigenvalue weighted by molar-refractivity contribution is -0.116. The smallest absolute Gasteiger partial charge is 0.243 e. The van der Waals surface area contributed by atoms with Crippen LogP contribution >= 0.6 is 11.3 Å². The number of amides is 1. The minimum atomic E-state index is -3.55. The second kappa shape index (κ2) is 8.64. The van der Waals surface area contributed by atoms with E-state index in [1.54, 1.807) is 18.2 Å². The van der Waals surface area contributed by atoms with E-state index in [-0.39, 0.29) is 17.2 Å². The highest BCUT2D eigenvalue weighted by atomic mass is 32.2. The molecule has 1 fully saturated rings. The van der Waals surface area contributed by atoms with Gasteiger partial charge in [0.15, 0.2) is 0 Å². The van der Waals surface area contributed by atoms with Gasteiger partial charge in [-0.3, -0.25) is 4.79 Å². The Morgan fingerprint density at radius 1 is 1.26 bits per heavy atom. The lowest BCUT2D eigenvalue weighted by atomic mass is 10.3. The Morgan fingerprint density at radius 2 is 2.00 bits per heavy atom. The Balaban J connectivity index is 1.46. The maximum atomic E-state index is 12.8. The summed E-state index contributed by atoms with van der Waals surface area (Å²) in [5, 5.41) is 12.5. The predicted octanol–water partition coefficient (Wildman–Crippen LogP) is 2.90. The zero-order valence-corrected chi connectivity index (χ0v) is 19.5. The fraction of sp³-hybridized carbons (Fsp3) is 0.500. The van der Waals surface area contributed by atoms with E-state index in [2.05, 4.69) is 20.5 Å². The summed E-state index contributed by atoms with van der Waals surface area (Å²) in [7, 11) is -1.68. The van der Waals surface area contributed by atoms with Gasteiger partial charge in [0, 0.05) is 38.9 Å². The summed E-state index contributed by atoms with van der Waals surface area (Å²) in [6, 6.07) is 4.98. The molecule has 31 heavy (non-hydrogen) atoms. The zero-order valence-electron chi connectivity index (χ0n) is 17.8. The van der Waals surface area contributed by atoms with E-state index in [1.165, 1.54) is 15.6 Å². The van der Waals surface area contributed by atoms with E-state index < -0.39 is 10.0 Å². The molecule has 2 aromatic heterocycles. The highest BCUT2D eigenvalue weighted by molar-refractivity contribution is 7.89. The lowest BCUT2D eigenvalue weighted by Crippen LogP contribution is -2.30. The normalized spacial score (nSPS) is 14.5. The molecule has 0 radical (unpaired) electrons. The van der Waals surface area contributed by atoms with Crippen molar-refractivity contribution < 1.29 is 13.2 Å². The van der Waals surface area contributed by atoms with Gasteiger partial charge in [-0.1, -0.05) is 25.2 Å². The van der Waals surface area contributed by atoms with E-state index in [4.69, 9.17) is 0 Å². The second-order valence-electron chi connectivity index (χ2n) is 7.59. The van der Waals surface area contributed by atoms with E-state index >= 15 is 0 Å². The molecule has 1 aliphatic rings. The number of nitrogens with one attached hydrogen (secondary N) is 1. The molecule has 1 aromatic carbocycles. The van der Waals surface area contributed by atoms with Gasteiger partial charge in [0.05, 0.1) is 15.9 Å². The Kier molecular flexibility index (Phi) is 6.09. The van der Waals surface area contributed by atoms with Crippen molar-refractivity contribution >= 4 is 43.4 Å². The number of rotatable bonds is 9. The van der Waals surface area contributed by atoms with Crippen molar-refractivity contribution in [3.8, 4) is 0 Å². The number of carbonyl (C=O) groups excluding carboxylic acids is 1. The van der Waals surface area contributed by atoms with Crippen LogP contribution in [0.15, 0.2) is 23.1 Å². The van der Waals surface area contributed by atoms with E-state index in [0.29, 0.717) is 36.1 Å². The number of aromatic nitrogens is 4. The number of sulfonamides is 1. The fourth-order valence-corrected chi connectivity index (χ4v) is 5.92. The average molecular weight is 463 g/mol. The minimum absolute atomic E-state index is 0.143. The van der Waals surface area contributed by atoms with Gasteiger partial charge in [-0.25, -0.2) is 13.4 Å².